The van der Waals surface area contributed by atoms with Crippen molar-refractivity contribution >= 4 is 0 Å². The normalized spacial score (nSPS) is 28.8. The van der Waals surface area contributed by atoms with Gasteiger partial charge in [-0.2, -0.15) is 0 Å². The fraction of sp³-hybridized carbons (Fsp3) is 1.00. The highest BCUT2D eigenvalue weighted by Gasteiger charge is 2.44. The fourth-order valence-electron chi connectivity index (χ4n) is 4.72. The molecule has 1 spiro atoms. The van der Waals surface area contributed by atoms with Gasteiger partial charge in [-0.05, 0) is 70.0 Å². The van der Waals surface area contributed by atoms with Crippen LogP contribution in [0.5, 0.6) is 0 Å². The molecule has 0 aromatic rings. The molecule has 0 bridgehead atoms. The van der Waals surface area contributed by atoms with Crippen LogP contribution in [0.3, 0.4) is 0 Å². The van der Waals surface area contributed by atoms with Crippen molar-refractivity contribution < 1.29 is 0 Å². The molecule has 0 aromatic carbocycles. The number of hydrogen-bond donors (Lipinski definition) is 0. The smallest absolute Gasteiger partial charge is 0.00957 e. The van der Waals surface area contributed by atoms with Crippen LogP contribution in [0.2, 0.25) is 0 Å². The molecule has 3 aliphatic rings. The predicted octanol–water partition coefficient (Wildman–Crippen LogP) is 4.01. The molecule has 2 nitrogen and oxygen atoms in total. The summed E-state index contributed by atoms with van der Waals surface area (Å²) in [5.74, 6) is 1.02. The first-order chi connectivity index (χ1) is 9.71. The second-order valence-electron chi connectivity index (χ2n) is 7.29. The van der Waals surface area contributed by atoms with E-state index in [-0.39, 0.29) is 0 Å². The molecule has 3 rings (SSSR count). The minimum atomic E-state index is 0.743. The third kappa shape index (κ3) is 3.57. The summed E-state index contributed by atoms with van der Waals surface area (Å²) < 4.78 is 0. The van der Waals surface area contributed by atoms with Gasteiger partial charge < -0.3 is 9.80 Å². The monoisotopic (exact) mass is 280 g/mol. The Morgan fingerprint density at radius 1 is 0.950 bits per heavy atom. The molecule has 2 saturated heterocycles. The molecule has 1 saturated carbocycles. The van der Waals surface area contributed by atoms with Crippen LogP contribution in [-0.4, -0.2) is 49.1 Å². The molecule has 2 aliphatic heterocycles. The molecule has 0 radical (unpaired) electrons. The average molecular weight is 280 g/mol. The summed E-state index contributed by atoms with van der Waals surface area (Å²) in [7, 11) is 2.27. The van der Waals surface area contributed by atoms with Gasteiger partial charge in [-0.3, -0.25) is 0 Å². The van der Waals surface area contributed by atoms with Crippen LogP contribution < -0.4 is 0 Å². The first-order valence-electron chi connectivity index (χ1n) is 9.13. The molecular weight excluding hydrogens is 244 g/mol. The van der Waals surface area contributed by atoms with Gasteiger partial charge in [-0.1, -0.05) is 27.2 Å². The highest BCUT2D eigenvalue weighted by Crippen LogP contribution is 2.44. The molecule has 0 aromatic heterocycles. The van der Waals surface area contributed by atoms with E-state index in [2.05, 4.69) is 23.8 Å². The van der Waals surface area contributed by atoms with Crippen molar-refractivity contribution in [2.45, 2.75) is 71.8 Å². The van der Waals surface area contributed by atoms with Gasteiger partial charge in [0.15, 0.2) is 0 Å². The average Bonchev–Trinajstić information content (AvgIpc) is 2.49. The topological polar surface area (TPSA) is 6.48 Å². The molecule has 1 aliphatic carbocycles. The van der Waals surface area contributed by atoms with E-state index < -0.39 is 0 Å². The summed E-state index contributed by atoms with van der Waals surface area (Å²) in [6.45, 7) is 11.9. The molecule has 118 valence electrons. The van der Waals surface area contributed by atoms with Gasteiger partial charge in [0.05, 0.1) is 0 Å². The number of likely N-dealkylation sites (tertiary alicyclic amines) is 2. The van der Waals surface area contributed by atoms with E-state index in [1.807, 2.05) is 13.8 Å². The number of piperidine rings is 1. The molecule has 0 unspecified atom stereocenters. The maximum atomic E-state index is 2.82. The highest BCUT2D eigenvalue weighted by atomic mass is 15.2. The lowest BCUT2D eigenvalue weighted by molar-refractivity contribution is -0.0342. The van der Waals surface area contributed by atoms with E-state index in [1.165, 1.54) is 71.1 Å². The van der Waals surface area contributed by atoms with Crippen LogP contribution in [0.4, 0.5) is 0 Å². The predicted molar refractivity (Wildman–Crippen MR) is 88.1 cm³/mol. The Kier molecular flexibility index (Phi) is 5.92. The first-order valence-corrected chi connectivity index (χ1v) is 9.13. The highest BCUT2D eigenvalue weighted by molar-refractivity contribution is 4.98. The van der Waals surface area contributed by atoms with E-state index in [4.69, 9.17) is 0 Å². The van der Waals surface area contributed by atoms with Crippen molar-refractivity contribution in [3.63, 3.8) is 0 Å². The van der Waals surface area contributed by atoms with Crippen LogP contribution in [0, 0.1) is 11.3 Å². The van der Waals surface area contributed by atoms with Crippen molar-refractivity contribution in [2.24, 2.45) is 11.3 Å². The summed E-state index contributed by atoms with van der Waals surface area (Å²) in [5.41, 5.74) is 0.743. The van der Waals surface area contributed by atoms with Gasteiger partial charge in [0.1, 0.15) is 0 Å². The molecular formula is C18H36N2. The van der Waals surface area contributed by atoms with Crippen molar-refractivity contribution in [1.29, 1.82) is 0 Å². The zero-order valence-corrected chi connectivity index (χ0v) is 14.3. The number of rotatable bonds is 2. The summed E-state index contributed by atoms with van der Waals surface area (Å²) in [6, 6.07) is 0.930. The van der Waals surface area contributed by atoms with Crippen LogP contribution in [0.25, 0.3) is 0 Å². The minimum absolute atomic E-state index is 0.743. The number of hydrogen-bond acceptors (Lipinski definition) is 2. The Labute approximate surface area is 126 Å². The van der Waals surface area contributed by atoms with Crippen molar-refractivity contribution in [3.05, 3.63) is 0 Å². The quantitative estimate of drug-likeness (QED) is 0.754. The Morgan fingerprint density at radius 2 is 1.50 bits per heavy atom. The molecule has 0 amide bonds. The lowest BCUT2D eigenvalue weighted by Crippen LogP contribution is -2.57. The Hall–Kier alpha value is -0.0800. The van der Waals surface area contributed by atoms with Gasteiger partial charge in [0.25, 0.3) is 0 Å². The molecule has 3 fully saturated rings. The molecule has 0 N–H and O–H groups in total. The Balaban J connectivity index is 0.000000704. The van der Waals surface area contributed by atoms with Crippen molar-refractivity contribution in [1.82, 2.24) is 9.80 Å². The SMILES string of the molecule is CC.CCC1CCN(C2CCC3(CC2)CN(C)C3)CC1. The van der Waals surface area contributed by atoms with Crippen LogP contribution in [-0.2, 0) is 0 Å². The zero-order valence-electron chi connectivity index (χ0n) is 14.3. The maximum absolute atomic E-state index is 2.82. The van der Waals surface area contributed by atoms with E-state index in [9.17, 15) is 0 Å². The van der Waals surface area contributed by atoms with E-state index in [1.54, 1.807) is 0 Å². The Bertz CT molecular complexity index is 265. The van der Waals surface area contributed by atoms with E-state index in [0.717, 1.165) is 17.4 Å². The fourth-order valence-corrected chi connectivity index (χ4v) is 4.72. The van der Waals surface area contributed by atoms with Gasteiger partial charge >= 0.3 is 0 Å². The standard InChI is InChI=1S/C16H30N2.C2H6/c1-3-14-6-10-18(11-7-14)15-4-8-16(9-5-15)12-17(2)13-16;1-2/h14-15H,3-13H2,1-2H3;1-2H3. The lowest BCUT2D eigenvalue weighted by Gasteiger charge is -2.53. The van der Waals surface area contributed by atoms with Crippen molar-refractivity contribution in [2.75, 3.05) is 33.2 Å². The van der Waals surface area contributed by atoms with E-state index >= 15 is 0 Å². The summed E-state index contributed by atoms with van der Waals surface area (Å²) >= 11 is 0. The lowest BCUT2D eigenvalue weighted by atomic mass is 9.67. The second kappa shape index (κ2) is 7.26. The zero-order chi connectivity index (χ0) is 14.6. The summed E-state index contributed by atoms with van der Waals surface area (Å²) in [5, 5.41) is 0. The van der Waals surface area contributed by atoms with Gasteiger partial charge in [-0.25, -0.2) is 0 Å². The third-order valence-electron chi connectivity index (χ3n) is 5.97. The van der Waals surface area contributed by atoms with Gasteiger partial charge in [0, 0.05) is 19.1 Å². The van der Waals surface area contributed by atoms with Gasteiger partial charge in [-0.15, -0.1) is 0 Å². The Morgan fingerprint density at radius 3 is 1.95 bits per heavy atom. The summed E-state index contributed by atoms with van der Waals surface area (Å²) in [6.07, 6.45) is 10.3. The van der Waals surface area contributed by atoms with Crippen LogP contribution in [0.15, 0.2) is 0 Å². The largest absolute Gasteiger partial charge is 0.305 e. The van der Waals surface area contributed by atoms with Gasteiger partial charge in [0.2, 0.25) is 0 Å². The van der Waals surface area contributed by atoms with Crippen LogP contribution in [0.1, 0.15) is 65.7 Å². The summed E-state index contributed by atoms with van der Waals surface area (Å²) in [4.78, 5) is 5.31. The minimum Gasteiger partial charge on any atom is -0.305 e. The number of nitrogens with zero attached hydrogens (tertiary/aromatic N) is 2. The molecule has 2 heteroatoms. The second-order valence-corrected chi connectivity index (χ2v) is 7.29. The molecule has 2 heterocycles. The molecule has 0 atom stereocenters. The third-order valence-corrected chi connectivity index (χ3v) is 5.97. The van der Waals surface area contributed by atoms with Crippen molar-refractivity contribution in [3.8, 4) is 0 Å². The first kappa shape index (κ1) is 16.3. The van der Waals surface area contributed by atoms with E-state index in [0.29, 0.717) is 0 Å². The molecule has 20 heavy (non-hydrogen) atoms. The maximum Gasteiger partial charge on any atom is 0.00957 e. The van der Waals surface area contributed by atoms with Crippen LogP contribution >= 0.6 is 0 Å².